The number of nitrogens with two attached hydrogens (primary N) is 1. The molecule has 1 aromatic rings. The third kappa shape index (κ3) is 2.01. The van der Waals surface area contributed by atoms with E-state index in [1.807, 2.05) is 13.8 Å². The smallest absolute Gasteiger partial charge is 0.123 e. The number of nitrogens with one attached hydrogen (secondary N) is 1. The Hall–Kier alpha value is -1.38. The van der Waals surface area contributed by atoms with Crippen molar-refractivity contribution in [1.82, 2.24) is 0 Å². The summed E-state index contributed by atoms with van der Waals surface area (Å²) >= 11 is 0. The Balaban J connectivity index is 3.20. The summed E-state index contributed by atoms with van der Waals surface area (Å²) in [6.07, 6.45) is 1.51. The van der Waals surface area contributed by atoms with Gasteiger partial charge >= 0.3 is 0 Å². The Morgan fingerprint density at radius 2 is 1.73 bits per heavy atom. The van der Waals surface area contributed by atoms with E-state index >= 15 is 0 Å². The number of halogens is 1. The van der Waals surface area contributed by atoms with Crippen LogP contribution in [-0.2, 0) is 5.41 Å². The van der Waals surface area contributed by atoms with Crippen molar-refractivity contribution in [2.75, 3.05) is 0 Å². The molecule has 0 amide bonds. The van der Waals surface area contributed by atoms with Gasteiger partial charge in [-0.3, -0.25) is 5.41 Å². The lowest BCUT2D eigenvalue weighted by atomic mass is 9.75. The van der Waals surface area contributed by atoms with Crippen molar-refractivity contribution in [3.05, 3.63) is 35.6 Å². The zero-order chi connectivity index (χ0) is 11.5. The lowest BCUT2D eigenvalue weighted by molar-refractivity contribution is 0.524. The molecule has 0 bridgehead atoms. The minimum absolute atomic E-state index is 0.152. The Kier molecular flexibility index (Phi) is 3.45. The first-order chi connectivity index (χ1) is 7.06. The maximum absolute atomic E-state index is 12.8. The fraction of sp³-hybridized carbons (Fsp3) is 0.417. The molecule has 3 N–H and O–H groups in total. The molecule has 0 atom stereocenters. The first kappa shape index (κ1) is 11.7. The molecule has 0 aliphatic heterocycles. The first-order valence-electron chi connectivity index (χ1n) is 5.17. The molecule has 0 radical (unpaired) electrons. The highest BCUT2D eigenvalue weighted by atomic mass is 19.1. The second kappa shape index (κ2) is 4.43. The van der Waals surface area contributed by atoms with Gasteiger partial charge in [0, 0.05) is 0 Å². The Bertz CT molecular complexity index is 339. The highest BCUT2D eigenvalue weighted by molar-refractivity contribution is 5.89. The van der Waals surface area contributed by atoms with E-state index < -0.39 is 5.41 Å². The quantitative estimate of drug-likeness (QED) is 0.580. The highest BCUT2D eigenvalue weighted by Gasteiger charge is 2.31. The van der Waals surface area contributed by atoms with Gasteiger partial charge in [-0.2, -0.15) is 0 Å². The lowest BCUT2D eigenvalue weighted by Crippen LogP contribution is -2.39. The highest BCUT2D eigenvalue weighted by Crippen LogP contribution is 2.31. The van der Waals surface area contributed by atoms with E-state index in [1.165, 1.54) is 12.1 Å². The standard InChI is InChI=1S/C12H17FN2/c1-3-12(4-2,11(14)15)9-5-7-10(13)8-6-9/h5-8H,3-4H2,1-2H3,(H3,14,15). The van der Waals surface area contributed by atoms with E-state index in [2.05, 4.69) is 0 Å². The summed E-state index contributed by atoms with van der Waals surface area (Å²) in [6, 6.07) is 6.25. The normalized spacial score (nSPS) is 11.4. The van der Waals surface area contributed by atoms with Crippen LogP contribution in [0.4, 0.5) is 4.39 Å². The van der Waals surface area contributed by atoms with Crippen LogP contribution in [0.2, 0.25) is 0 Å². The van der Waals surface area contributed by atoms with Crippen LogP contribution in [0.15, 0.2) is 24.3 Å². The zero-order valence-corrected chi connectivity index (χ0v) is 9.18. The van der Waals surface area contributed by atoms with Crippen molar-refractivity contribution in [3.8, 4) is 0 Å². The molecule has 0 heterocycles. The molecule has 1 rings (SSSR count). The minimum atomic E-state index is -0.437. The third-order valence-electron chi connectivity index (χ3n) is 3.12. The summed E-state index contributed by atoms with van der Waals surface area (Å²) in [5, 5.41) is 7.67. The van der Waals surface area contributed by atoms with E-state index in [9.17, 15) is 4.39 Å². The van der Waals surface area contributed by atoms with Crippen LogP contribution in [0.1, 0.15) is 32.3 Å². The van der Waals surface area contributed by atoms with Crippen molar-refractivity contribution in [1.29, 1.82) is 5.41 Å². The molecule has 2 nitrogen and oxygen atoms in total. The second-order valence-electron chi connectivity index (χ2n) is 3.71. The lowest BCUT2D eigenvalue weighted by Gasteiger charge is -2.30. The number of hydrogen-bond donors (Lipinski definition) is 2. The molecule has 0 saturated carbocycles. The molecule has 3 heteroatoms. The van der Waals surface area contributed by atoms with Crippen LogP contribution in [0, 0.1) is 11.2 Å². The largest absolute Gasteiger partial charge is 0.387 e. The van der Waals surface area contributed by atoms with E-state index in [4.69, 9.17) is 11.1 Å². The summed E-state index contributed by atoms with van der Waals surface area (Å²) in [4.78, 5) is 0. The SMILES string of the molecule is CCC(CC)(C(=N)N)c1ccc(F)cc1. The maximum Gasteiger partial charge on any atom is 0.123 e. The molecular formula is C12H17FN2. The fourth-order valence-electron chi connectivity index (χ4n) is 1.96. The Morgan fingerprint density at radius 3 is 2.07 bits per heavy atom. The van der Waals surface area contributed by atoms with Crippen molar-refractivity contribution < 1.29 is 4.39 Å². The van der Waals surface area contributed by atoms with Crippen LogP contribution in [0.25, 0.3) is 0 Å². The van der Waals surface area contributed by atoms with Crippen LogP contribution in [0.3, 0.4) is 0 Å². The first-order valence-corrected chi connectivity index (χ1v) is 5.17. The van der Waals surface area contributed by atoms with Crippen LogP contribution >= 0.6 is 0 Å². The molecule has 0 fully saturated rings. The summed E-state index contributed by atoms with van der Waals surface area (Å²) in [5.74, 6) is -0.109. The van der Waals surface area contributed by atoms with Crippen LogP contribution in [-0.4, -0.2) is 5.84 Å². The number of rotatable bonds is 4. The van der Waals surface area contributed by atoms with Crippen molar-refractivity contribution >= 4 is 5.84 Å². The predicted molar refractivity (Wildman–Crippen MR) is 60.6 cm³/mol. The molecule has 0 unspecified atom stereocenters. The average molecular weight is 208 g/mol. The molecular weight excluding hydrogens is 191 g/mol. The summed E-state index contributed by atoms with van der Waals surface area (Å²) < 4.78 is 12.8. The fourth-order valence-corrected chi connectivity index (χ4v) is 1.96. The van der Waals surface area contributed by atoms with E-state index in [-0.39, 0.29) is 11.7 Å². The topological polar surface area (TPSA) is 49.9 Å². The van der Waals surface area contributed by atoms with Gasteiger partial charge in [-0.25, -0.2) is 4.39 Å². The molecule has 0 saturated heterocycles. The molecule has 82 valence electrons. The Labute approximate surface area is 89.8 Å². The van der Waals surface area contributed by atoms with Gasteiger partial charge in [-0.15, -0.1) is 0 Å². The van der Waals surface area contributed by atoms with Gasteiger partial charge in [-0.05, 0) is 30.5 Å². The van der Waals surface area contributed by atoms with Crippen LogP contribution < -0.4 is 5.73 Å². The van der Waals surface area contributed by atoms with E-state index in [1.54, 1.807) is 12.1 Å². The number of amidine groups is 1. The molecule has 0 aromatic heterocycles. The van der Waals surface area contributed by atoms with Gasteiger partial charge in [0.05, 0.1) is 5.41 Å². The number of hydrogen-bond acceptors (Lipinski definition) is 1. The molecule has 0 spiro atoms. The summed E-state index contributed by atoms with van der Waals surface area (Å²) in [5.41, 5.74) is 6.13. The summed E-state index contributed by atoms with van der Waals surface area (Å²) in [7, 11) is 0. The van der Waals surface area contributed by atoms with E-state index in [0.717, 1.165) is 18.4 Å². The maximum atomic E-state index is 12.8. The van der Waals surface area contributed by atoms with Crippen molar-refractivity contribution in [2.45, 2.75) is 32.1 Å². The van der Waals surface area contributed by atoms with Crippen LogP contribution in [0.5, 0.6) is 0 Å². The van der Waals surface area contributed by atoms with Gasteiger partial charge < -0.3 is 5.73 Å². The van der Waals surface area contributed by atoms with Gasteiger partial charge in [0.15, 0.2) is 0 Å². The minimum Gasteiger partial charge on any atom is -0.387 e. The van der Waals surface area contributed by atoms with E-state index in [0.29, 0.717) is 0 Å². The van der Waals surface area contributed by atoms with Crippen molar-refractivity contribution in [2.24, 2.45) is 5.73 Å². The van der Waals surface area contributed by atoms with Gasteiger partial charge in [0.2, 0.25) is 0 Å². The molecule has 1 aromatic carbocycles. The van der Waals surface area contributed by atoms with Gasteiger partial charge in [0.25, 0.3) is 0 Å². The average Bonchev–Trinajstić information content (AvgIpc) is 2.22. The number of benzene rings is 1. The molecule has 15 heavy (non-hydrogen) atoms. The second-order valence-corrected chi connectivity index (χ2v) is 3.71. The molecule has 0 aliphatic carbocycles. The summed E-state index contributed by atoms with van der Waals surface area (Å²) in [6.45, 7) is 3.99. The Morgan fingerprint density at radius 1 is 1.27 bits per heavy atom. The van der Waals surface area contributed by atoms with Gasteiger partial charge in [0.1, 0.15) is 11.7 Å². The monoisotopic (exact) mass is 208 g/mol. The van der Waals surface area contributed by atoms with Crippen molar-refractivity contribution in [3.63, 3.8) is 0 Å². The third-order valence-corrected chi connectivity index (χ3v) is 3.12. The zero-order valence-electron chi connectivity index (χ0n) is 9.18. The predicted octanol–water partition coefficient (Wildman–Crippen LogP) is 2.82. The molecule has 0 aliphatic rings. The van der Waals surface area contributed by atoms with Gasteiger partial charge in [-0.1, -0.05) is 26.0 Å².